The van der Waals surface area contributed by atoms with Crippen molar-refractivity contribution >= 4 is 38.9 Å². The van der Waals surface area contributed by atoms with Crippen LogP contribution in [0.15, 0.2) is 41.4 Å². The number of nitrogens with zero attached hydrogens (tertiary/aromatic N) is 2. The van der Waals surface area contributed by atoms with Gasteiger partial charge in [0.1, 0.15) is 4.90 Å². The number of benzene rings is 1. The molecule has 0 saturated heterocycles. The third-order valence-electron chi connectivity index (χ3n) is 2.80. The molecule has 0 saturated carbocycles. The smallest absolute Gasteiger partial charge is 0.246 e. The van der Waals surface area contributed by atoms with E-state index in [-0.39, 0.29) is 21.5 Å². The van der Waals surface area contributed by atoms with E-state index in [0.29, 0.717) is 11.4 Å². The Morgan fingerprint density at radius 2 is 1.86 bits per heavy atom. The molecule has 21 heavy (non-hydrogen) atoms. The monoisotopic (exact) mass is 345 g/mol. The third kappa shape index (κ3) is 3.47. The van der Waals surface area contributed by atoms with E-state index in [2.05, 4.69) is 4.98 Å². The molecule has 0 radical (unpaired) electrons. The van der Waals surface area contributed by atoms with E-state index in [9.17, 15) is 8.42 Å². The van der Waals surface area contributed by atoms with Gasteiger partial charge in [-0.2, -0.15) is 4.31 Å². The van der Waals surface area contributed by atoms with Crippen molar-refractivity contribution in [2.45, 2.75) is 11.4 Å². The number of hydrogen-bond acceptors (Lipinski definition) is 4. The number of hydrogen-bond donors (Lipinski definition) is 1. The second-order valence-corrected chi connectivity index (χ2v) is 7.19. The normalized spacial score (nSPS) is 11.8. The molecule has 0 unspecified atom stereocenters. The highest BCUT2D eigenvalue weighted by atomic mass is 35.5. The molecule has 1 heterocycles. The van der Waals surface area contributed by atoms with Crippen molar-refractivity contribution in [1.29, 1.82) is 0 Å². The van der Waals surface area contributed by atoms with E-state index in [4.69, 9.17) is 28.9 Å². The molecule has 0 aliphatic heterocycles. The number of aromatic nitrogens is 1. The first-order chi connectivity index (χ1) is 9.82. The third-order valence-corrected chi connectivity index (χ3v) is 5.53. The van der Waals surface area contributed by atoms with Gasteiger partial charge < -0.3 is 5.73 Å². The molecule has 5 nitrogen and oxygen atoms in total. The Hall–Kier alpha value is -1.34. The van der Waals surface area contributed by atoms with Gasteiger partial charge in [0.15, 0.2) is 0 Å². The summed E-state index contributed by atoms with van der Waals surface area (Å²) in [5, 5.41) is -0.0132. The fourth-order valence-electron chi connectivity index (χ4n) is 1.79. The maximum Gasteiger partial charge on any atom is 0.246 e. The Morgan fingerprint density at radius 3 is 2.38 bits per heavy atom. The fraction of sp³-hybridized carbons (Fsp3) is 0.154. The lowest BCUT2D eigenvalue weighted by atomic mass is 10.3. The Labute approximate surface area is 133 Å². The highest BCUT2D eigenvalue weighted by Crippen LogP contribution is 2.33. The van der Waals surface area contributed by atoms with Crippen molar-refractivity contribution in [2.75, 3.05) is 12.8 Å². The number of nitrogen functional groups attached to an aromatic ring is 1. The summed E-state index contributed by atoms with van der Waals surface area (Å²) in [7, 11) is -2.40. The molecule has 0 aliphatic rings. The van der Waals surface area contributed by atoms with E-state index in [1.807, 2.05) is 0 Å². The number of nitrogens with two attached hydrogens (primary N) is 1. The molecule has 1 aromatic carbocycles. The van der Waals surface area contributed by atoms with Crippen LogP contribution in [0.5, 0.6) is 0 Å². The Balaban J connectivity index is 2.38. The van der Waals surface area contributed by atoms with Gasteiger partial charge in [-0.3, -0.25) is 4.98 Å². The van der Waals surface area contributed by atoms with E-state index in [1.165, 1.54) is 19.2 Å². The van der Waals surface area contributed by atoms with Crippen LogP contribution in [0.4, 0.5) is 5.69 Å². The van der Waals surface area contributed by atoms with E-state index >= 15 is 0 Å². The number of halogens is 2. The Morgan fingerprint density at radius 1 is 1.24 bits per heavy atom. The Bertz CT molecular complexity index is 728. The number of anilines is 1. The van der Waals surface area contributed by atoms with Crippen LogP contribution in [0.1, 0.15) is 5.69 Å². The molecule has 0 amide bonds. The van der Waals surface area contributed by atoms with Crippen molar-refractivity contribution in [2.24, 2.45) is 0 Å². The predicted octanol–water partition coefficient (Wildman–Crippen LogP) is 2.79. The summed E-state index contributed by atoms with van der Waals surface area (Å²) in [4.78, 5) is 3.94. The lowest BCUT2D eigenvalue weighted by molar-refractivity contribution is 0.462. The summed E-state index contributed by atoms with van der Waals surface area (Å²) < 4.78 is 26.3. The van der Waals surface area contributed by atoms with Crippen LogP contribution in [0.25, 0.3) is 0 Å². The van der Waals surface area contributed by atoms with E-state index in [1.54, 1.807) is 24.4 Å². The molecule has 1 aromatic heterocycles. The molecule has 2 aromatic rings. The van der Waals surface area contributed by atoms with Crippen LogP contribution >= 0.6 is 23.2 Å². The minimum atomic E-state index is -3.84. The van der Waals surface area contributed by atoms with Crippen molar-refractivity contribution < 1.29 is 8.42 Å². The van der Waals surface area contributed by atoms with Crippen LogP contribution in [0.3, 0.4) is 0 Å². The van der Waals surface area contributed by atoms with E-state index < -0.39 is 10.0 Å². The summed E-state index contributed by atoms with van der Waals surface area (Å²) in [5.41, 5.74) is 6.50. The molecule has 0 spiro atoms. The van der Waals surface area contributed by atoms with Crippen molar-refractivity contribution in [3.05, 3.63) is 52.3 Å². The van der Waals surface area contributed by atoms with Crippen LogP contribution in [-0.2, 0) is 16.6 Å². The topological polar surface area (TPSA) is 76.3 Å². The molecular formula is C13H13Cl2N3O2S. The van der Waals surface area contributed by atoms with Gasteiger partial charge in [0.05, 0.1) is 22.3 Å². The second-order valence-electron chi connectivity index (χ2n) is 4.40. The number of pyridine rings is 1. The molecule has 112 valence electrons. The molecule has 0 atom stereocenters. The van der Waals surface area contributed by atoms with Crippen LogP contribution in [-0.4, -0.2) is 24.8 Å². The zero-order valence-electron chi connectivity index (χ0n) is 11.1. The minimum absolute atomic E-state index is 0.00660. The summed E-state index contributed by atoms with van der Waals surface area (Å²) in [6.45, 7) is 0.111. The molecule has 2 rings (SSSR count). The first-order valence-corrected chi connectivity index (χ1v) is 8.12. The molecule has 8 heteroatoms. The molecule has 0 bridgehead atoms. The second kappa shape index (κ2) is 6.19. The highest BCUT2D eigenvalue weighted by molar-refractivity contribution is 7.89. The Kier molecular flexibility index (Phi) is 4.73. The van der Waals surface area contributed by atoms with Gasteiger partial charge >= 0.3 is 0 Å². The van der Waals surface area contributed by atoms with Crippen LogP contribution in [0, 0.1) is 0 Å². The molecule has 0 fully saturated rings. The maximum absolute atomic E-state index is 12.6. The van der Waals surface area contributed by atoms with Gasteiger partial charge in [0.25, 0.3) is 0 Å². The van der Waals surface area contributed by atoms with Crippen LogP contribution < -0.4 is 5.73 Å². The molecule has 2 N–H and O–H groups in total. The summed E-state index contributed by atoms with van der Waals surface area (Å²) in [5.74, 6) is 0. The van der Waals surface area contributed by atoms with Gasteiger partial charge in [0, 0.05) is 18.9 Å². The fourth-order valence-corrected chi connectivity index (χ4v) is 4.10. The maximum atomic E-state index is 12.6. The van der Waals surface area contributed by atoms with Gasteiger partial charge in [-0.15, -0.1) is 0 Å². The first-order valence-electron chi connectivity index (χ1n) is 5.93. The summed E-state index contributed by atoms with van der Waals surface area (Å²) in [6.07, 6.45) is 1.60. The zero-order valence-corrected chi connectivity index (χ0v) is 13.5. The first kappa shape index (κ1) is 16.0. The van der Waals surface area contributed by atoms with E-state index in [0.717, 1.165) is 4.31 Å². The summed E-state index contributed by atoms with van der Waals surface area (Å²) in [6, 6.07) is 7.99. The number of sulfonamides is 1. The highest BCUT2D eigenvalue weighted by Gasteiger charge is 2.27. The summed E-state index contributed by atoms with van der Waals surface area (Å²) >= 11 is 12.0. The van der Waals surface area contributed by atoms with Crippen molar-refractivity contribution in [3.8, 4) is 0 Å². The quantitative estimate of drug-likeness (QED) is 0.864. The lowest BCUT2D eigenvalue weighted by Gasteiger charge is -2.18. The van der Waals surface area contributed by atoms with Gasteiger partial charge in [-0.1, -0.05) is 29.3 Å². The predicted molar refractivity (Wildman–Crippen MR) is 83.8 cm³/mol. The number of rotatable bonds is 4. The lowest BCUT2D eigenvalue weighted by Crippen LogP contribution is -2.27. The van der Waals surface area contributed by atoms with Crippen LogP contribution in [0.2, 0.25) is 10.0 Å². The van der Waals surface area contributed by atoms with Gasteiger partial charge in [-0.05, 0) is 24.3 Å². The minimum Gasteiger partial charge on any atom is -0.399 e. The molecular weight excluding hydrogens is 333 g/mol. The largest absolute Gasteiger partial charge is 0.399 e. The van der Waals surface area contributed by atoms with Crippen molar-refractivity contribution in [3.63, 3.8) is 0 Å². The SMILES string of the molecule is CN(Cc1ccccn1)S(=O)(=O)c1c(Cl)cc(N)cc1Cl. The average molecular weight is 346 g/mol. The average Bonchev–Trinajstić information content (AvgIpc) is 2.38. The molecule has 0 aliphatic carbocycles. The van der Waals surface area contributed by atoms with Gasteiger partial charge in [-0.25, -0.2) is 8.42 Å². The van der Waals surface area contributed by atoms with Crippen molar-refractivity contribution in [1.82, 2.24) is 9.29 Å². The van der Waals surface area contributed by atoms with Gasteiger partial charge in [0.2, 0.25) is 10.0 Å². The zero-order chi connectivity index (χ0) is 15.6. The standard InChI is InChI=1S/C13H13Cl2N3O2S/c1-18(8-10-4-2-3-5-17-10)21(19,20)13-11(14)6-9(16)7-12(13)15/h2-7H,8,16H2,1H3.